The van der Waals surface area contributed by atoms with Crippen LogP contribution in [0.5, 0.6) is 0 Å². The first-order valence-corrected chi connectivity index (χ1v) is 6.30. The molecule has 0 spiro atoms. The molecule has 2 aromatic rings. The molecule has 2 nitrogen and oxygen atoms in total. The topological polar surface area (TPSA) is 26.3 Å². The standard InChI is InChI=1S/C16H12ClFO2/c1-20-16(19)14(11-6-8-13(18)9-7-11)10-12-4-2-3-5-15(12)17/h2-10H,1H3. The van der Waals surface area contributed by atoms with Crippen LogP contribution in [0.4, 0.5) is 4.39 Å². The molecule has 0 bridgehead atoms. The van der Waals surface area contributed by atoms with E-state index in [1.807, 2.05) is 6.07 Å². The SMILES string of the molecule is COC(=O)C(=Cc1ccccc1Cl)c1ccc(F)cc1. The van der Waals surface area contributed by atoms with Crippen LogP contribution in [0.3, 0.4) is 0 Å². The van der Waals surface area contributed by atoms with Gasteiger partial charge >= 0.3 is 5.97 Å². The average Bonchev–Trinajstić information content (AvgIpc) is 2.47. The lowest BCUT2D eigenvalue weighted by Gasteiger charge is -2.07. The highest BCUT2D eigenvalue weighted by atomic mass is 35.5. The number of hydrogen-bond acceptors (Lipinski definition) is 2. The second-order valence-corrected chi connectivity index (χ2v) is 4.49. The summed E-state index contributed by atoms with van der Waals surface area (Å²) in [7, 11) is 1.30. The van der Waals surface area contributed by atoms with E-state index in [2.05, 4.69) is 0 Å². The Kier molecular flexibility index (Phi) is 4.53. The second-order valence-electron chi connectivity index (χ2n) is 4.08. The van der Waals surface area contributed by atoms with Gasteiger partial charge in [0.15, 0.2) is 0 Å². The van der Waals surface area contributed by atoms with Crippen LogP contribution >= 0.6 is 11.6 Å². The molecule has 0 fully saturated rings. The van der Waals surface area contributed by atoms with E-state index in [4.69, 9.17) is 16.3 Å². The van der Waals surface area contributed by atoms with Crippen LogP contribution in [0, 0.1) is 5.82 Å². The van der Waals surface area contributed by atoms with E-state index in [9.17, 15) is 9.18 Å². The van der Waals surface area contributed by atoms with Crippen LogP contribution in [0.15, 0.2) is 48.5 Å². The number of hydrogen-bond donors (Lipinski definition) is 0. The number of methoxy groups -OCH3 is 1. The van der Waals surface area contributed by atoms with Crippen molar-refractivity contribution in [3.8, 4) is 0 Å². The first-order chi connectivity index (χ1) is 9.61. The van der Waals surface area contributed by atoms with Crippen LogP contribution in [-0.2, 0) is 9.53 Å². The lowest BCUT2D eigenvalue weighted by Crippen LogP contribution is -2.04. The summed E-state index contributed by atoms with van der Waals surface area (Å²) in [6.07, 6.45) is 1.63. The molecular weight excluding hydrogens is 279 g/mol. The molecule has 102 valence electrons. The van der Waals surface area contributed by atoms with Crippen molar-refractivity contribution in [2.75, 3.05) is 7.11 Å². The molecule has 0 saturated heterocycles. The van der Waals surface area contributed by atoms with E-state index >= 15 is 0 Å². The van der Waals surface area contributed by atoms with Gasteiger partial charge in [0.1, 0.15) is 5.82 Å². The zero-order chi connectivity index (χ0) is 14.5. The van der Waals surface area contributed by atoms with Crippen molar-refractivity contribution in [3.63, 3.8) is 0 Å². The van der Waals surface area contributed by atoms with Crippen molar-refractivity contribution in [2.45, 2.75) is 0 Å². The summed E-state index contributed by atoms with van der Waals surface area (Å²) in [5.41, 5.74) is 1.58. The van der Waals surface area contributed by atoms with E-state index in [0.717, 1.165) is 0 Å². The number of carbonyl (C=O) groups excluding carboxylic acids is 1. The first kappa shape index (κ1) is 14.3. The zero-order valence-corrected chi connectivity index (χ0v) is 11.5. The van der Waals surface area contributed by atoms with Crippen molar-refractivity contribution < 1.29 is 13.9 Å². The van der Waals surface area contributed by atoms with Crippen LogP contribution in [-0.4, -0.2) is 13.1 Å². The summed E-state index contributed by atoms with van der Waals surface area (Å²) < 4.78 is 17.7. The summed E-state index contributed by atoms with van der Waals surface area (Å²) in [5, 5.41) is 0.524. The van der Waals surface area contributed by atoms with Crippen molar-refractivity contribution >= 4 is 29.2 Å². The van der Waals surface area contributed by atoms with Crippen molar-refractivity contribution in [1.82, 2.24) is 0 Å². The smallest absolute Gasteiger partial charge is 0.338 e. The maximum Gasteiger partial charge on any atom is 0.338 e. The van der Waals surface area contributed by atoms with Gasteiger partial charge in [-0.05, 0) is 35.4 Å². The molecule has 0 aromatic heterocycles. The van der Waals surface area contributed by atoms with E-state index < -0.39 is 5.97 Å². The van der Waals surface area contributed by atoms with Gasteiger partial charge in [-0.25, -0.2) is 9.18 Å². The predicted octanol–water partition coefficient (Wildman–Crippen LogP) is 4.19. The van der Waals surface area contributed by atoms with E-state index in [0.29, 0.717) is 21.7 Å². The monoisotopic (exact) mass is 290 g/mol. The molecule has 0 atom stereocenters. The molecule has 0 heterocycles. The normalized spacial score (nSPS) is 11.2. The van der Waals surface area contributed by atoms with Crippen molar-refractivity contribution in [1.29, 1.82) is 0 Å². The van der Waals surface area contributed by atoms with Gasteiger partial charge in [-0.15, -0.1) is 0 Å². The number of carbonyl (C=O) groups is 1. The summed E-state index contributed by atoms with van der Waals surface area (Å²) in [5.74, 6) is -0.868. The molecule has 0 unspecified atom stereocenters. The van der Waals surface area contributed by atoms with Crippen molar-refractivity contribution in [2.24, 2.45) is 0 Å². The highest BCUT2D eigenvalue weighted by Gasteiger charge is 2.13. The molecule has 0 aliphatic carbocycles. The van der Waals surface area contributed by atoms with E-state index in [-0.39, 0.29) is 5.82 Å². The summed E-state index contributed by atoms with van der Waals surface area (Å²) in [6, 6.07) is 12.8. The third kappa shape index (κ3) is 3.25. The highest BCUT2D eigenvalue weighted by molar-refractivity contribution is 6.33. The summed E-state index contributed by atoms with van der Waals surface area (Å²) in [4.78, 5) is 11.9. The summed E-state index contributed by atoms with van der Waals surface area (Å²) in [6.45, 7) is 0. The van der Waals surface area contributed by atoms with Gasteiger partial charge in [0, 0.05) is 5.02 Å². The Bertz CT molecular complexity index is 648. The quantitative estimate of drug-likeness (QED) is 0.481. The molecular formula is C16H12ClFO2. The molecule has 0 amide bonds. The van der Waals surface area contributed by atoms with E-state index in [1.54, 1.807) is 24.3 Å². The average molecular weight is 291 g/mol. The molecule has 0 saturated carbocycles. The number of rotatable bonds is 3. The number of ether oxygens (including phenoxy) is 1. The highest BCUT2D eigenvalue weighted by Crippen LogP contribution is 2.24. The molecule has 20 heavy (non-hydrogen) atoms. The fourth-order valence-corrected chi connectivity index (χ4v) is 1.94. The second kappa shape index (κ2) is 6.35. The maximum atomic E-state index is 13.0. The molecule has 0 aliphatic rings. The third-order valence-corrected chi connectivity index (χ3v) is 3.11. The molecule has 0 radical (unpaired) electrons. The Morgan fingerprint density at radius 3 is 2.40 bits per heavy atom. The largest absolute Gasteiger partial charge is 0.465 e. The fourth-order valence-electron chi connectivity index (χ4n) is 1.75. The van der Waals surface area contributed by atoms with Gasteiger partial charge in [0.25, 0.3) is 0 Å². The fraction of sp³-hybridized carbons (Fsp3) is 0.0625. The molecule has 0 N–H and O–H groups in total. The Morgan fingerprint density at radius 1 is 1.15 bits per heavy atom. The number of esters is 1. The third-order valence-electron chi connectivity index (χ3n) is 2.77. The number of benzene rings is 2. The minimum atomic E-state index is -0.503. The van der Waals surface area contributed by atoms with Crippen LogP contribution in [0.2, 0.25) is 5.02 Å². The molecule has 2 aromatic carbocycles. The van der Waals surface area contributed by atoms with Crippen LogP contribution in [0.1, 0.15) is 11.1 Å². The molecule has 4 heteroatoms. The van der Waals surface area contributed by atoms with Crippen molar-refractivity contribution in [3.05, 3.63) is 70.5 Å². The van der Waals surface area contributed by atoms with Crippen LogP contribution < -0.4 is 0 Å². The number of halogens is 2. The van der Waals surface area contributed by atoms with Gasteiger partial charge in [-0.2, -0.15) is 0 Å². The minimum Gasteiger partial charge on any atom is -0.465 e. The van der Waals surface area contributed by atoms with Gasteiger partial charge in [-0.3, -0.25) is 0 Å². The van der Waals surface area contributed by atoms with E-state index in [1.165, 1.54) is 31.4 Å². The predicted molar refractivity (Wildman–Crippen MR) is 77.7 cm³/mol. The Labute approximate surface area is 121 Å². The molecule has 2 rings (SSSR count). The zero-order valence-electron chi connectivity index (χ0n) is 10.8. The van der Waals surface area contributed by atoms with Gasteiger partial charge < -0.3 is 4.74 Å². The minimum absolute atomic E-state index is 0.320. The lowest BCUT2D eigenvalue weighted by molar-refractivity contribution is -0.133. The maximum absolute atomic E-state index is 13.0. The molecule has 0 aliphatic heterocycles. The Hall–Kier alpha value is -2.13. The Morgan fingerprint density at radius 2 is 1.80 bits per heavy atom. The van der Waals surface area contributed by atoms with Gasteiger partial charge in [0.2, 0.25) is 0 Å². The Balaban J connectivity index is 2.51. The first-order valence-electron chi connectivity index (χ1n) is 5.92. The summed E-state index contributed by atoms with van der Waals surface area (Å²) >= 11 is 6.07. The van der Waals surface area contributed by atoms with Gasteiger partial charge in [0.05, 0.1) is 12.7 Å². The lowest BCUT2D eigenvalue weighted by atomic mass is 10.0. The van der Waals surface area contributed by atoms with Crippen LogP contribution in [0.25, 0.3) is 11.6 Å². The van der Waals surface area contributed by atoms with Gasteiger partial charge in [-0.1, -0.05) is 41.9 Å².